The molecular formula is C13H30N2. The molecule has 2 heteroatoms. The Bertz CT molecular complexity index is 115. The number of rotatable bonds is 11. The summed E-state index contributed by atoms with van der Waals surface area (Å²) in [6.07, 6.45) is 7.96. The molecule has 0 spiro atoms. The molecule has 0 aliphatic heterocycles. The molecule has 0 aromatic heterocycles. The lowest BCUT2D eigenvalue weighted by Crippen LogP contribution is -2.37. The van der Waals surface area contributed by atoms with Crippen LogP contribution in [0.15, 0.2) is 0 Å². The summed E-state index contributed by atoms with van der Waals surface area (Å²) in [5, 5.41) is 7.04. The molecule has 0 radical (unpaired) electrons. The molecule has 2 nitrogen and oxygen atoms in total. The van der Waals surface area contributed by atoms with E-state index in [1.54, 1.807) is 0 Å². The van der Waals surface area contributed by atoms with Crippen LogP contribution >= 0.6 is 0 Å². The predicted octanol–water partition coefficient (Wildman–Crippen LogP) is 2.93. The molecular weight excluding hydrogens is 184 g/mol. The monoisotopic (exact) mass is 214 g/mol. The number of hydrogen-bond donors (Lipinski definition) is 2. The van der Waals surface area contributed by atoms with Gasteiger partial charge in [0.05, 0.1) is 0 Å². The molecule has 0 fully saturated rings. The molecule has 0 aromatic rings. The van der Waals surface area contributed by atoms with Crippen molar-refractivity contribution in [1.29, 1.82) is 0 Å². The van der Waals surface area contributed by atoms with Gasteiger partial charge in [0.2, 0.25) is 0 Å². The van der Waals surface area contributed by atoms with E-state index in [1.807, 2.05) is 0 Å². The van der Waals surface area contributed by atoms with E-state index >= 15 is 0 Å². The van der Waals surface area contributed by atoms with E-state index in [1.165, 1.54) is 51.6 Å². The highest BCUT2D eigenvalue weighted by Crippen LogP contribution is 1.93. The lowest BCUT2D eigenvalue weighted by atomic mass is 10.2. The van der Waals surface area contributed by atoms with Crippen LogP contribution in [0.4, 0.5) is 0 Å². The van der Waals surface area contributed by atoms with E-state index in [4.69, 9.17) is 0 Å². The van der Waals surface area contributed by atoms with Gasteiger partial charge in [0.15, 0.2) is 0 Å². The molecule has 0 aliphatic carbocycles. The Kier molecular flexibility index (Phi) is 11.9. The van der Waals surface area contributed by atoms with E-state index in [2.05, 4.69) is 31.4 Å². The first-order chi connectivity index (χ1) is 7.31. The molecule has 0 saturated carbocycles. The molecule has 92 valence electrons. The predicted molar refractivity (Wildman–Crippen MR) is 69.4 cm³/mol. The Balaban J connectivity index is 3.08. The van der Waals surface area contributed by atoms with Crippen molar-refractivity contribution in [2.45, 2.75) is 65.3 Å². The van der Waals surface area contributed by atoms with Crippen molar-refractivity contribution in [3.63, 3.8) is 0 Å². The summed E-state index contributed by atoms with van der Waals surface area (Å²) in [7, 11) is 0. The normalized spacial score (nSPS) is 13.0. The zero-order valence-electron chi connectivity index (χ0n) is 10.9. The minimum atomic E-state index is 0.614. The summed E-state index contributed by atoms with van der Waals surface area (Å²) in [6, 6.07) is 0.614. The maximum absolute atomic E-state index is 3.55. The van der Waals surface area contributed by atoms with Gasteiger partial charge < -0.3 is 10.6 Å². The Morgan fingerprint density at radius 1 is 0.867 bits per heavy atom. The summed E-state index contributed by atoms with van der Waals surface area (Å²) in [6.45, 7) is 10.2. The smallest absolute Gasteiger partial charge is 0.0164 e. The topological polar surface area (TPSA) is 24.1 Å². The fourth-order valence-electron chi connectivity index (χ4n) is 1.61. The van der Waals surface area contributed by atoms with Crippen LogP contribution in [0.25, 0.3) is 0 Å². The standard InChI is InChI=1S/C13H30N2/c1-4-6-8-10-14-12-13(3)15-11-9-7-5-2/h13-15H,4-12H2,1-3H3. The zero-order valence-corrected chi connectivity index (χ0v) is 10.9. The lowest BCUT2D eigenvalue weighted by molar-refractivity contribution is 0.484. The summed E-state index contributed by atoms with van der Waals surface area (Å²) in [4.78, 5) is 0. The largest absolute Gasteiger partial charge is 0.315 e. The van der Waals surface area contributed by atoms with E-state index in [9.17, 15) is 0 Å². The Hall–Kier alpha value is -0.0800. The average molecular weight is 214 g/mol. The maximum atomic E-state index is 3.55. The SMILES string of the molecule is CCCCCNCC(C)NCCCCC. The van der Waals surface area contributed by atoms with Crippen molar-refractivity contribution in [3.05, 3.63) is 0 Å². The highest BCUT2D eigenvalue weighted by molar-refractivity contribution is 4.63. The van der Waals surface area contributed by atoms with Crippen molar-refractivity contribution in [3.8, 4) is 0 Å². The third-order valence-electron chi connectivity index (χ3n) is 2.68. The Morgan fingerprint density at radius 2 is 1.47 bits per heavy atom. The van der Waals surface area contributed by atoms with Gasteiger partial charge in [-0.05, 0) is 32.9 Å². The van der Waals surface area contributed by atoms with Crippen LogP contribution in [0.3, 0.4) is 0 Å². The molecule has 1 atom stereocenters. The van der Waals surface area contributed by atoms with Crippen LogP contribution in [0.1, 0.15) is 59.3 Å². The van der Waals surface area contributed by atoms with E-state index in [0.717, 1.165) is 6.54 Å². The molecule has 15 heavy (non-hydrogen) atoms. The van der Waals surface area contributed by atoms with Gasteiger partial charge in [-0.15, -0.1) is 0 Å². The van der Waals surface area contributed by atoms with Crippen LogP contribution in [0.5, 0.6) is 0 Å². The van der Waals surface area contributed by atoms with Crippen molar-refractivity contribution in [1.82, 2.24) is 10.6 Å². The summed E-state index contributed by atoms with van der Waals surface area (Å²) < 4.78 is 0. The number of nitrogens with one attached hydrogen (secondary N) is 2. The van der Waals surface area contributed by atoms with Gasteiger partial charge in [-0.3, -0.25) is 0 Å². The second-order valence-corrected chi connectivity index (χ2v) is 4.47. The van der Waals surface area contributed by atoms with Crippen molar-refractivity contribution in [2.24, 2.45) is 0 Å². The first kappa shape index (κ1) is 14.9. The second-order valence-electron chi connectivity index (χ2n) is 4.47. The number of hydrogen-bond acceptors (Lipinski definition) is 2. The maximum Gasteiger partial charge on any atom is 0.0164 e. The van der Waals surface area contributed by atoms with E-state index in [0.29, 0.717) is 6.04 Å². The summed E-state index contributed by atoms with van der Waals surface area (Å²) >= 11 is 0. The highest BCUT2D eigenvalue weighted by atomic mass is 15.0. The van der Waals surface area contributed by atoms with Crippen LogP contribution in [-0.4, -0.2) is 25.7 Å². The van der Waals surface area contributed by atoms with Crippen molar-refractivity contribution >= 4 is 0 Å². The molecule has 1 unspecified atom stereocenters. The molecule has 0 rings (SSSR count). The average Bonchev–Trinajstić information content (AvgIpc) is 2.24. The molecule has 0 bridgehead atoms. The highest BCUT2D eigenvalue weighted by Gasteiger charge is 1.98. The molecule has 0 aromatic carbocycles. The molecule has 0 saturated heterocycles. The van der Waals surface area contributed by atoms with Crippen LogP contribution in [-0.2, 0) is 0 Å². The third kappa shape index (κ3) is 11.8. The molecule has 0 heterocycles. The van der Waals surface area contributed by atoms with Gasteiger partial charge in [-0.2, -0.15) is 0 Å². The Morgan fingerprint density at radius 3 is 2.07 bits per heavy atom. The zero-order chi connectivity index (χ0) is 11.4. The van der Waals surface area contributed by atoms with Gasteiger partial charge in [-0.25, -0.2) is 0 Å². The molecule has 2 N–H and O–H groups in total. The third-order valence-corrected chi connectivity index (χ3v) is 2.68. The minimum absolute atomic E-state index is 0.614. The molecule has 0 aliphatic rings. The second kappa shape index (κ2) is 12.0. The lowest BCUT2D eigenvalue weighted by Gasteiger charge is -2.14. The van der Waals surface area contributed by atoms with Crippen LogP contribution in [0.2, 0.25) is 0 Å². The van der Waals surface area contributed by atoms with Crippen molar-refractivity contribution in [2.75, 3.05) is 19.6 Å². The number of unbranched alkanes of at least 4 members (excludes halogenated alkanes) is 4. The van der Waals surface area contributed by atoms with Gasteiger partial charge in [0, 0.05) is 12.6 Å². The van der Waals surface area contributed by atoms with Gasteiger partial charge >= 0.3 is 0 Å². The summed E-state index contributed by atoms with van der Waals surface area (Å²) in [5.41, 5.74) is 0. The first-order valence-electron chi connectivity index (χ1n) is 6.75. The fraction of sp³-hybridized carbons (Fsp3) is 1.00. The summed E-state index contributed by atoms with van der Waals surface area (Å²) in [5.74, 6) is 0. The van der Waals surface area contributed by atoms with Crippen LogP contribution in [0, 0.1) is 0 Å². The molecule has 0 amide bonds. The van der Waals surface area contributed by atoms with Gasteiger partial charge in [0.1, 0.15) is 0 Å². The minimum Gasteiger partial charge on any atom is -0.315 e. The van der Waals surface area contributed by atoms with E-state index < -0.39 is 0 Å². The van der Waals surface area contributed by atoms with Crippen LogP contribution < -0.4 is 10.6 Å². The Labute approximate surface area is 96.2 Å². The fourth-order valence-corrected chi connectivity index (χ4v) is 1.61. The van der Waals surface area contributed by atoms with Gasteiger partial charge in [-0.1, -0.05) is 39.5 Å². The quantitative estimate of drug-likeness (QED) is 0.517. The van der Waals surface area contributed by atoms with E-state index in [-0.39, 0.29) is 0 Å². The van der Waals surface area contributed by atoms with Gasteiger partial charge in [0.25, 0.3) is 0 Å². The van der Waals surface area contributed by atoms with Crippen molar-refractivity contribution < 1.29 is 0 Å². The first-order valence-corrected chi connectivity index (χ1v) is 6.75.